The molecule has 1 aromatic rings. The molecule has 4 nitrogen and oxygen atoms in total. The number of halogens is 1. The molecule has 1 aliphatic rings. The van der Waals surface area contributed by atoms with E-state index in [-0.39, 0.29) is 5.91 Å². The molecule has 2 rings (SSSR count). The second kappa shape index (κ2) is 7.09. The highest BCUT2D eigenvalue weighted by Gasteiger charge is 2.21. The van der Waals surface area contributed by atoms with Crippen LogP contribution in [0.1, 0.15) is 23.7 Å². The first-order valence-corrected chi connectivity index (χ1v) is 7.77. The highest BCUT2D eigenvalue weighted by Crippen LogP contribution is 2.25. The number of carbonyl (C=O) groups is 1. The lowest BCUT2D eigenvalue weighted by molar-refractivity contribution is 0.0947. The fourth-order valence-electron chi connectivity index (χ4n) is 2.51. The van der Waals surface area contributed by atoms with Crippen molar-refractivity contribution in [3.05, 3.63) is 28.2 Å². The van der Waals surface area contributed by atoms with Gasteiger partial charge < -0.3 is 15.0 Å². The van der Waals surface area contributed by atoms with Gasteiger partial charge in [0.15, 0.2) is 0 Å². The van der Waals surface area contributed by atoms with Gasteiger partial charge in [-0.25, -0.2) is 0 Å². The van der Waals surface area contributed by atoms with Gasteiger partial charge in [-0.15, -0.1) is 0 Å². The van der Waals surface area contributed by atoms with Crippen LogP contribution in [0.3, 0.4) is 0 Å². The van der Waals surface area contributed by atoms with E-state index in [1.165, 1.54) is 6.42 Å². The largest absolute Gasteiger partial charge is 0.496 e. The minimum Gasteiger partial charge on any atom is -0.496 e. The summed E-state index contributed by atoms with van der Waals surface area (Å²) in [5.41, 5.74) is 0.656. The third-order valence-corrected chi connectivity index (χ3v) is 4.40. The lowest BCUT2D eigenvalue weighted by Gasteiger charge is -2.14. The van der Waals surface area contributed by atoms with Gasteiger partial charge in [0, 0.05) is 18.7 Å². The van der Waals surface area contributed by atoms with E-state index in [0.29, 0.717) is 11.5 Å². The van der Waals surface area contributed by atoms with Crippen LogP contribution in [0.2, 0.25) is 0 Å². The predicted octanol–water partition coefficient (Wildman–Crippen LogP) is 2.53. The van der Waals surface area contributed by atoms with Crippen LogP contribution in [0.5, 0.6) is 5.75 Å². The number of hydrogen-bond donors (Lipinski definition) is 1. The van der Waals surface area contributed by atoms with Gasteiger partial charge in [-0.2, -0.15) is 0 Å². The van der Waals surface area contributed by atoms with Gasteiger partial charge in [-0.3, -0.25) is 4.79 Å². The SMILES string of the molecule is CCN1CCC(CNC(=O)c2ccc(OC)c(Br)c2)C1. The second-order valence-electron chi connectivity index (χ2n) is 5.11. The van der Waals surface area contributed by atoms with E-state index < -0.39 is 0 Å². The van der Waals surface area contributed by atoms with Crippen molar-refractivity contribution in [1.82, 2.24) is 10.2 Å². The minimum atomic E-state index is -0.0247. The summed E-state index contributed by atoms with van der Waals surface area (Å²) in [6.07, 6.45) is 1.17. The third-order valence-electron chi connectivity index (χ3n) is 3.78. The van der Waals surface area contributed by atoms with Crippen molar-refractivity contribution in [3.8, 4) is 5.75 Å². The summed E-state index contributed by atoms with van der Waals surface area (Å²) in [7, 11) is 1.61. The van der Waals surface area contributed by atoms with Gasteiger partial charge in [-0.05, 0) is 59.6 Å². The highest BCUT2D eigenvalue weighted by molar-refractivity contribution is 9.10. The van der Waals surface area contributed by atoms with Gasteiger partial charge >= 0.3 is 0 Å². The summed E-state index contributed by atoms with van der Waals surface area (Å²) in [5.74, 6) is 1.28. The van der Waals surface area contributed by atoms with E-state index in [1.54, 1.807) is 25.3 Å². The summed E-state index contributed by atoms with van der Waals surface area (Å²) in [6, 6.07) is 5.38. The number of rotatable bonds is 5. The Kier molecular flexibility index (Phi) is 5.43. The number of likely N-dealkylation sites (tertiary alicyclic amines) is 1. The van der Waals surface area contributed by atoms with E-state index in [9.17, 15) is 4.79 Å². The van der Waals surface area contributed by atoms with Crippen LogP contribution >= 0.6 is 15.9 Å². The maximum Gasteiger partial charge on any atom is 0.251 e. The average molecular weight is 341 g/mol. The quantitative estimate of drug-likeness (QED) is 0.895. The molecule has 0 bridgehead atoms. The van der Waals surface area contributed by atoms with E-state index in [0.717, 1.165) is 36.4 Å². The Balaban J connectivity index is 1.87. The second-order valence-corrected chi connectivity index (χ2v) is 5.96. The van der Waals surface area contributed by atoms with E-state index in [2.05, 4.69) is 33.1 Å². The zero-order valence-corrected chi connectivity index (χ0v) is 13.6. The molecule has 0 spiro atoms. The molecule has 1 unspecified atom stereocenters. The van der Waals surface area contributed by atoms with Crippen LogP contribution in [-0.4, -0.2) is 44.1 Å². The molecule has 20 heavy (non-hydrogen) atoms. The number of ether oxygens (including phenoxy) is 1. The molecule has 1 heterocycles. The number of amides is 1. The van der Waals surface area contributed by atoms with Gasteiger partial charge in [0.05, 0.1) is 11.6 Å². The van der Waals surface area contributed by atoms with Crippen molar-refractivity contribution in [1.29, 1.82) is 0 Å². The summed E-state index contributed by atoms with van der Waals surface area (Å²) in [4.78, 5) is 14.5. The van der Waals surface area contributed by atoms with Crippen LogP contribution in [0.4, 0.5) is 0 Å². The highest BCUT2D eigenvalue weighted by atomic mass is 79.9. The first-order valence-electron chi connectivity index (χ1n) is 6.98. The summed E-state index contributed by atoms with van der Waals surface area (Å²) >= 11 is 3.40. The van der Waals surface area contributed by atoms with Crippen molar-refractivity contribution in [2.24, 2.45) is 5.92 Å². The van der Waals surface area contributed by atoms with Gasteiger partial charge in [-0.1, -0.05) is 6.92 Å². The van der Waals surface area contributed by atoms with Gasteiger partial charge in [0.25, 0.3) is 5.91 Å². The Labute approximate surface area is 128 Å². The predicted molar refractivity (Wildman–Crippen MR) is 83.2 cm³/mol. The molecule has 1 atom stereocenters. The molecule has 1 saturated heterocycles. The Hall–Kier alpha value is -1.07. The lowest BCUT2D eigenvalue weighted by atomic mass is 10.1. The monoisotopic (exact) mass is 340 g/mol. The van der Waals surface area contributed by atoms with Crippen molar-refractivity contribution < 1.29 is 9.53 Å². The van der Waals surface area contributed by atoms with E-state index >= 15 is 0 Å². The normalized spacial score (nSPS) is 19.1. The maximum absolute atomic E-state index is 12.1. The molecule has 110 valence electrons. The third kappa shape index (κ3) is 3.73. The topological polar surface area (TPSA) is 41.6 Å². The number of carbonyl (C=O) groups excluding carboxylic acids is 1. The van der Waals surface area contributed by atoms with Crippen LogP contribution in [-0.2, 0) is 0 Å². The fourth-order valence-corrected chi connectivity index (χ4v) is 3.05. The number of hydrogen-bond acceptors (Lipinski definition) is 3. The molecule has 5 heteroatoms. The van der Waals surface area contributed by atoms with Crippen molar-refractivity contribution in [3.63, 3.8) is 0 Å². The Bertz CT molecular complexity index is 479. The van der Waals surface area contributed by atoms with Crippen LogP contribution < -0.4 is 10.1 Å². The van der Waals surface area contributed by atoms with Crippen molar-refractivity contribution >= 4 is 21.8 Å². The average Bonchev–Trinajstić information content (AvgIpc) is 2.92. The number of nitrogens with zero attached hydrogens (tertiary/aromatic N) is 1. The molecule has 1 N–H and O–H groups in total. The van der Waals surface area contributed by atoms with Crippen molar-refractivity contribution in [2.75, 3.05) is 33.3 Å². The van der Waals surface area contributed by atoms with Gasteiger partial charge in [0.2, 0.25) is 0 Å². The smallest absolute Gasteiger partial charge is 0.251 e. The van der Waals surface area contributed by atoms with Crippen LogP contribution in [0.15, 0.2) is 22.7 Å². The molecule has 1 fully saturated rings. The molecular weight excluding hydrogens is 320 g/mol. The van der Waals surface area contributed by atoms with Crippen molar-refractivity contribution in [2.45, 2.75) is 13.3 Å². The summed E-state index contributed by atoms with van der Waals surface area (Å²) in [5, 5.41) is 3.02. The molecule has 1 aromatic carbocycles. The van der Waals surface area contributed by atoms with Gasteiger partial charge in [0.1, 0.15) is 5.75 Å². The number of methoxy groups -OCH3 is 1. The Morgan fingerprint density at radius 3 is 2.95 bits per heavy atom. The molecule has 1 amide bonds. The molecule has 0 radical (unpaired) electrons. The zero-order chi connectivity index (χ0) is 14.5. The standard InChI is InChI=1S/C15H21BrN2O2/c1-3-18-7-6-11(10-18)9-17-15(19)12-4-5-14(20-2)13(16)8-12/h4-5,8,11H,3,6-7,9-10H2,1-2H3,(H,17,19). The number of nitrogens with one attached hydrogen (secondary N) is 1. The van der Waals surface area contributed by atoms with Crippen LogP contribution in [0, 0.1) is 5.92 Å². The first kappa shape index (κ1) is 15.3. The van der Waals surface area contributed by atoms with E-state index in [4.69, 9.17) is 4.74 Å². The number of benzene rings is 1. The Morgan fingerprint density at radius 1 is 1.55 bits per heavy atom. The molecule has 1 aliphatic heterocycles. The molecule has 0 aliphatic carbocycles. The first-order chi connectivity index (χ1) is 9.63. The zero-order valence-electron chi connectivity index (χ0n) is 12.0. The maximum atomic E-state index is 12.1. The molecule has 0 saturated carbocycles. The molecule has 0 aromatic heterocycles. The van der Waals surface area contributed by atoms with E-state index in [1.807, 2.05) is 0 Å². The molecular formula is C15H21BrN2O2. The summed E-state index contributed by atoms with van der Waals surface area (Å²) in [6.45, 7) is 6.25. The Morgan fingerprint density at radius 2 is 2.35 bits per heavy atom. The minimum absolute atomic E-state index is 0.0247. The lowest BCUT2D eigenvalue weighted by Crippen LogP contribution is -2.31. The van der Waals surface area contributed by atoms with Crippen LogP contribution in [0.25, 0.3) is 0 Å². The fraction of sp³-hybridized carbons (Fsp3) is 0.533. The summed E-state index contributed by atoms with van der Waals surface area (Å²) < 4.78 is 5.96.